The Morgan fingerprint density at radius 2 is 2.04 bits per heavy atom. The summed E-state index contributed by atoms with van der Waals surface area (Å²) in [6.07, 6.45) is 0.259. The van der Waals surface area contributed by atoms with E-state index in [9.17, 15) is 9.50 Å². The van der Waals surface area contributed by atoms with Crippen LogP contribution in [0.5, 0.6) is 5.75 Å². The fourth-order valence-corrected chi connectivity index (χ4v) is 3.37. The molecule has 134 valence electrons. The van der Waals surface area contributed by atoms with Gasteiger partial charge in [-0.05, 0) is 36.2 Å². The van der Waals surface area contributed by atoms with Gasteiger partial charge in [0.2, 0.25) is 0 Å². The van der Waals surface area contributed by atoms with E-state index in [4.69, 9.17) is 22.1 Å². The Kier molecular flexibility index (Phi) is 5.91. The lowest BCUT2D eigenvalue weighted by atomic mass is 10.0. The van der Waals surface area contributed by atoms with Gasteiger partial charge in [0, 0.05) is 31.2 Å². The van der Waals surface area contributed by atoms with Crippen molar-refractivity contribution in [3.63, 3.8) is 0 Å². The fourth-order valence-electron chi connectivity index (χ4n) is 3.15. The molecule has 1 heterocycles. The summed E-state index contributed by atoms with van der Waals surface area (Å²) in [4.78, 5) is 2.13. The van der Waals surface area contributed by atoms with Gasteiger partial charge >= 0.3 is 0 Å². The number of β-amino-alcohol motifs (C(OH)–C–C–N with tert-alkyl or cyclic N) is 1. The number of aliphatic hydroxyl groups is 1. The summed E-state index contributed by atoms with van der Waals surface area (Å²) in [5.74, 6) is 0.277. The predicted molar refractivity (Wildman–Crippen MR) is 96.1 cm³/mol. The molecule has 2 aromatic rings. The van der Waals surface area contributed by atoms with Crippen molar-refractivity contribution in [2.75, 3.05) is 13.1 Å². The molecule has 0 saturated carbocycles. The summed E-state index contributed by atoms with van der Waals surface area (Å²) in [7, 11) is 0. The van der Waals surface area contributed by atoms with E-state index in [1.165, 1.54) is 6.07 Å². The molecule has 25 heavy (non-hydrogen) atoms. The van der Waals surface area contributed by atoms with Crippen LogP contribution < -0.4 is 10.5 Å². The van der Waals surface area contributed by atoms with Crippen molar-refractivity contribution in [3.05, 3.63) is 64.4 Å². The van der Waals surface area contributed by atoms with Gasteiger partial charge in [0.05, 0.1) is 11.1 Å². The molecule has 3 N–H and O–H groups in total. The zero-order chi connectivity index (χ0) is 17.8. The zero-order valence-electron chi connectivity index (χ0n) is 13.9. The molecule has 4 nitrogen and oxygen atoms in total. The maximum Gasteiger partial charge on any atom is 0.131 e. The van der Waals surface area contributed by atoms with E-state index in [1.54, 1.807) is 12.1 Å². The van der Waals surface area contributed by atoms with Crippen molar-refractivity contribution in [1.82, 2.24) is 4.90 Å². The lowest BCUT2D eigenvalue weighted by Gasteiger charge is -2.33. The molecule has 1 aliphatic heterocycles. The third-order valence-electron chi connectivity index (χ3n) is 4.29. The van der Waals surface area contributed by atoms with Crippen LogP contribution in [0.15, 0.2) is 42.5 Å². The molecule has 1 aliphatic rings. The molecular formula is C19H22ClFN2O2. The first-order valence-electron chi connectivity index (χ1n) is 8.32. The smallest absolute Gasteiger partial charge is 0.131 e. The van der Waals surface area contributed by atoms with Gasteiger partial charge in [-0.15, -0.1) is 0 Å². The topological polar surface area (TPSA) is 58.7 Å². The summed E-state index contributed by atoms with van der Waals surface area (Å²) in [5.41, 5.74) is 7.37. The van der Waals surface area contributed by atoms with Crippen LogP contribution in [0, 0.1) is 5.82 Å². The van der Waals surface area contributed by atoms with Crippen LogP contribution in [-0.2, 0) is 13.2 Å². The minimum absolute atomic E-state index is 0.00798. The Morgan fingerprint density at radius 1 is 1.24 bits per heavy atom. The number of nitrogens with two attached hydrogens (primary N) is 1. The molecule has 0 amide bonds. The maximum absolute atomic E-state index is 13.8. The summed E-state index contributed by atoms with van der Waals surface area (Å²) in [6, 6.07) is 12.2. The molecule has 1 saturated heterocycles. The molecule has 0 aliphatic carbocycles. The van der Waals surface area contributed by atoms with Gasteiger partial charge in [0.15, 0.2) is 0 Å². The van der Waals surface area contributed by atoms with Gasteiger partial charge in [-0.1, -0.05) is 29.8 Å². The van der Waals surface area contributed by atoms with Gasteiger partial charge in [-0.2, -0.15) is 0 Å². The van der Waals surface area contributed by atoms with Crippen molar-refractivity contribution in [1.29, 1.82) is 0 Å². The van der Waals surface area contributed by atoms with E-state index in [0.29, 0.717) is 35.8 Å². The molecular weight excluding hydrogens is 343 g/mol. The third kappa shape index (κ3) is 4.92. The number of nitrogens with zero attached hydrogens (tertiary/aromatic N) is 1. The standard InChI is InChI=1S/C19H22ClFN2O2/c20-18-5-2-6-19(21)17(18)12-25-16-4-1-3-13(7-16)9-23-10-14(22)8-15(24)11-23/h1-7,14-15,24H,8-12,22H2/t14-,15+/m0/s1. The van der Waals surface area contributed by atoms with Crippen LogP contribution in [0.25, 0.3) is 0 Å². The molecule has 0 radical (unpaired) electrons. The normalized spacial score (nSPS) is 21.3. The number of piperidine rings is 1. The number of aliphatic hydroxyl groups excluding tert-OH is 1. The van der Waals surface area contributed by atoms with Crippen LogP contribution in [0.4, 0.5) is 4.39 Å². The summed E-state index contributed by atoms with van der Waals surface area (Å²) in [5, 5.41) is 10.2. The summed E-state index contributed by atoms with van der Waals surface area (Å²) in [6.45, 7) is 2.13. The molecule has 0 bridgehead atoms. The average Bonchev–Trinajstić information content (AvgIpc) is 2.54. The molecule has 6 heteroatoms. The van der Waals surface area contributed by atoms with Crippen LogP contribution in [0.1, 0.15) is 17.5 Å². The van der Waals surface area contributed by atoms with Gasteiger partial charge in [-0.3, -0.25) is 4.90 Å². The van der Waals surface area contributed by atoms with Crippen molar-refractivity contribution in [2.24, 2.45) is 5.73 Å². The molecule has 0 aromatic heterocycles. The summed E-state index contributed by atoms with van der Waals surface area (Å²) < 4.78 is 19.5. The molecule has 2 aromatic carbocycles. The van der Waals surface area contributed by atoms with Crippen molar-refractivity contribution < 1.29 is 14.2 Å². The first kappa shape index (κ1) is 18.1. The van der Waals surface area contributed by atoms with Crippen LogP contribution >= 0.6 is 11.6 Å². The Balaban J connectivity index is 1.63. The predicted octanol–water partition coefficient (Wildman–Crippen LogP) is 2.95. The average molecular weight is 365 g/mol. The Labute approximate surface area is 152 Å². The zero-order valence-corrected chi connectivity index (χ0v) is 14.6. The lowest BCUT2D eigenvalue weighted by molar-refractivity contribution is 0.0564. The van der Waals surface area contributed by atoms with Gasteiger partial charge in [0.1, 0.15) is 18.2 Å². The van der Waals surface area contributed by atoms with E-state index >= 15 is 0 Å². The van der Waals surface area contributed by atoms with E-state index < -0.39 is 0 Å². The Hall–Kier alpha value is -1.66. The number of benzene rings is 2. The van der Waals surface area contributed by atoms with E-state index in [2.05, 4.69) is 4.90 Å². The second-order valence-electron chi connectivity index (χ2n) is 6.48. The third-order valence-corrected chi connectivity index (χ3v) is 4.64. The SMILES string of the molecule is N[C@H]1C[C@@H](O)CN(Cc2cccc(OCc3c(F)cccc3Cl)c2)C1. The van der Waals surface area contributed by atoms with Crippen molar-refractivity contribution in [2.45, 2.75) is 31.7 Å². The highest BCUT2D eigenvalue weighted by molar-refractivity contribution is 6.31. The fraction of sp³-hybridized carbons (Fsp3) is 0.368. The first-order chi connectivity index (χ1) is 12.0. The Morgan fingerprint density at radius 3 is 2.80 bits per heavy atom. The molecule has 3 rings (SSSR count). The molecule has 1 fully saturated rings. The first-order valence-corrected chi connectivity index (χ1v) is 8.69. The van der Waals surface area contributed by atoms with Crippen LogP contribution in [-0.4, -0.2) is 35.2 Å². The second kappa shape index (κ2) is 8.15. The van der Waals surface area contributed by atoms with Crippen molar-refractivity contribution >= 4 is 11.6 Å². The van der Waals surface area contributed by atoms with E-state index in [0.717, 1.165) is 12.1 Å². The van der Waals surface area contributed by atoms with Gasteiger partial charge in [-0.25, -0.2) is 4.39 Å². The minimum Gasteiger partial charge on any atom is -0.489 e. The quantitative estimate of drug-likeness (QED) is 0.856. The largest absolute Gasteiger partial charge is 0.489 e. The summed E-state index contributed by atoms with van der Waals surface area (Å²) >= 11 is 6.02. The molecule has 0 unspecified atom stereocenters. The van der Waals surface area contributed by atoms with Crippen molar-refractivity contribution in [3.8, 4) is 5.75 Å². The van der Waals surface area contributed by atoms with Crippen LogP contribution in [0.3, 0.4) is 0 Å². The number of likely N-dealkylation sites (tertiary alicyclic amines) is 1. The second-order valence-corrected chi connectivity index (χ2v) is 6.89. The highest BCUT2D eigenvalue weighted by Gasteiger charge is 2.23. The highest BCUT2D eigenvalue weighted by Crippen LogP contribution is 2.23. The van der Waals surface area contributed by atoms with Gasteiger partial charge < -0.3 is 15.6 Å². The monoisotopic (exact) mass is 364 g/mol. The Bertz CT molecular complexity index is 698. The molecule has 2 atom stereocenters. The van der Waals surface area contributed by atoms with E-state index in [-0.39, 0.29) is 24.6 Å². The highest BCUT2D eigenvalue weighted by atomic mass is 35.5. The number of ether oxygens (including phenoxy) is 1. The van der Waals surface area contributed by atoms with Gasteiger partial charge in [0.25, 0.3) is 0 Å². The minimum atomic E-state index is -0.383. The van der Waals surface area contributed by atoms with Crippen LogP contribution in [0.2, 0.25) is 5.02 Å². The number of hydrogen-bond acceptors (Lipinski definition) is 4. The number of rotatable bonds is 5. The number of halogens is 2. The maximum atomic E-state index is 13.8. The van der Waals surface area contributed by atoms with E-state index in [1.807, 2.05) is 24.3 Å². The molecule has 0 spiro atoms. The number of hydrogen-bond donors (Lipinski definition) is 2. The lowest BCUT2D eigenvalue weighted by Crippen LogP contribution is -2.48.